The highest BCUT2D eigenvalue weighted by molar-refractivity contribution is 8.13. The fourth-order valence-electron chi connectivity index (χ4n) is 2.21. The van der Waals surface area contributed by atoms with Gasteiger partial charge in [-0.2, -0.15) is 0 Å². The molecule has 1 heterocycles. The van der Waals surface area contributed by atoms with Crippen LogP contribution in [0.2, 0.25) is 0 Å². The molecule has 1 rings (SSSR count). The van der Waals surface area contributed by atoms with Gasteiger partial charge in [0.2, 0.25) is 5.91 Å². The molecule has 142 valence electrons. The van der Waals surface area contributed by atoms with Crippen molar-refractivity contribution in [3.63, 3.8) is 0 Å². The van der Waals surface area contributed by atoms with E-state index in [-0.39, 0.29) is 18.4 Å². The first-order chi connectivity index (χ1) is 12.1. The Morgan fingerprint density at radius 2 is 2.20 bits per heavy atom. The fraction of sp³-hybridized carbons (Fsp3) is 0.647. The van der Waals surface area contributed by atoms with Gasteiger partial charge < -0.3 is 15.8 Å². The molecule has 0 fully saturated rings. The van der Waals surface area contributed by atoms with Crippen molar-refractivity contribution >= 4 is 35.8 Å². The van der Waals surface area contributed by atoms with Crippen LogP contribution >= 0.6 is 23.9 Å². The second kappa shape index (κ2) is 14.1. The lowest BCUT2D eigenvalue weighted by atomic mass is 10.1. The molecule has 25 heavy (non-hydrogen) atoms. The van der Waals surface area contributed by atoms with Crippen LogP contribution in [0.5, 0.6) is 0 Å². The molecular weight excluding hydrogens is 358 g/mol. The minimum absolute atomic E-state index is 0.0532. The second-order valence-electron chi connectivity index (χ2n) is 5.81. The number of allylic oxidation sites excluding steroid dienone is 1. The molecule has 1 aliphatic rings. The maximum Gasteiger partial charge on any atom is 0.303 e. The van der Waals surface area contributed by atoms with E-state index in [1.54, 1.807) is 0 Å². The standard InChI is InChI=1S/C17H29N3O3S2/c1-2-3-4-5-6-7-8-9-16(21)19-15(10-11-17(22)23)14-25-20-18-12-13-24-20/h7-8,12-13,15,18H,2-6,9-11,14H2,1H3,(H,19,21)(H,22,23)/b8-7+. The molecule has 0 radical (unpaired) electrons. The van der Waals surface area contributed by atoms with E-state index in [0.717, 1.165) is 6.42 Å². The van der Waals surface area contributed by atoms with Crippen molar-refractivity contribution in [1.82, 2.24) is 14.6 Å². The SMILES string of the molecule is CCCCCC/C=C/CC(=O)NC(CCC(=O)O)CSN1NC=CS1. The van der Waals surface area contributed by atoms with E-state index in [1.807, 2.05) is 21.5 Å². The molecule has 0 saturated carbocycles. The van der Waals surface area contributed by atoms with Crippen LogP contribution in [-0.2, 0) is 9.59 Å². The number of hydrogen-bond donors (Lipinski definition) is 3. The molecule has 1 aliphatic heterocycles. The zero-order chi connectivity index (χ0) is 18.3. The van der Waals surface area contributed by atoms with Crippen LogP contribution in [-0.4, -0.2) is 32.6 Å². The Morgan fingerprint density at radius 3 is 2.88 bits per heavy atom. The van der Waals surface area contributed by atoms with E-state index in [2.05, 4.69) is 23.7 Å². The molecule has 3 N–H and O–H groups in total. The molecule has 0 aliphatic carbocycles. The van der Waals surface area contributed by atoms with Crippen molar-refractivity contribution in [2.75, 3.05) is 5.75 Å². The number of aliphatic carboxylic acids is 1. The first-order valence-corrected chi connectivity index (χ1v) is 10.6. The Hall–Kier alpha value is -1.12. The Kier molecular flexibility index (Phi) is 12.4. The predicted molar refractivity (Wildman–Crippen MR) is 105 cm³/mol. The molecule has 0 aromatic carbocycles. The van der Waals surface area contributed by atoms with E-state index in [0.29, 0.717) is 18.6 Å². The summed E-state index contributed by atoms with van der Waals surface area (Å²) in [6.45, 7) is 2.19. The van der Waals surface area contributed by atoms with Gasteiger partial charge in [0, 0.05) is 36.2 Å². The average molecular weight is 388 g/mol. The van der Waals surface area contributed by atoms with Gasteiger partial charge in [0.15, 0.2) is 0 Å². The molecule has 0 bridgehead atoms. The number of carboxylic acid groups (broad SMARTS) is 1. The number of rotatable bonds is 14. The molecule has 0 aromatic heterocycles. The van der Waals surface area contributed by atoms with Gasteiger partial charge in [-0.1, -0.05) is 38.3 Å². The van der Waals surface area contributed by atoms with Crippen LogP contribution in [0, 0.1) is 0 Å². The number of amides is 1. The first-order valence-electron chi connectivity index (χ1n) is 8.79. The molecule has 0 spiro atoms. The topological polar surface area (TPSA) is 81.7 Å². The molecular formula is C17H29N3O3S2. The summed E-state index contributed by atoms with van der Waals surface area (Å²) >= 11 is 3.04. The van der Waals surface area contributed by atoms with Crippen molar-refractivity contribution < 1.29 is 14.7 Å². The zero-order valence-corrected chi connectivity index (χ0v) is 16.4. The molecule has 1 amide bonds. The van der Waals surface area contributed by atoms with Crippen molar-refractivity contribution in [1.29, 1.82) is 0 Å². The second-order valence-corrected chi connectivity index (χ2v) is 7.85. The van der Waals surface area contributed by atoms with Gasteiger partial charge in [-0.05, 0) is 43.2 Å². The van der Waals surface area contributed by atoms with E-state index in [9.17, 15) is 9.59 Å². The maximum absolute atomic E-state index is 12.1. The van der Waals surface area contributed by atoms with E-state index in [1.165, 1.54) is 49.6 Å². The van der Waals surface area contributed by atoms with Crippen LogP contribution in [0.15, 0.2) is 23.8 Å². The first kappa shape index (κ1) is 21.9. The Labute approximate surface area is 159 Å². The molecule has 1 atom stereocenters. The third-order valence-electron chi connectivity index (χ3n) is 3.56. The molecule has 1 unspecified atom stereocenters. The van der Waals surface area contributed by atoms with Gasteiger partial charge in [0.25, 0.3) is 0 Å². The number of carbonyl (C=O) groups is 2. The third kappa shape index (κ3) is 12.0. The Balaban J connectivity index is 2.26. The van der Waals surface area contributed by atoms with Gasteiger partial charge in [-0.15, -0.1) is 3.82 Å². The minimum Gasteiger partial charge on any atom is -0.481 e. The molecule has 8 heteroatoms. The molecule has 0 saturated heterocycles. The van der Waals surface area contributed by atoms with Gasteiger partial charge in [-0.3, -0.25) is 9.59 Å². The zero-order valence-electron chi connectivity index (χ0n) is 14.8. The van der Waals surface area contributed by atoms with Gasteiger partial charge in [0.05, 0.1) is 0 Å². The van der Waals surface area contributed by atoms with Crippen LogP contribution < -0.4 is 10.7 Å². The van der Waals surface area contributed by atoms with Crippen LogP contribution in [0.25, 0.3) is 0 Å². The van der Waals surface area contributed by atoms with Crippen molar-refractivity contribution in [2.45, 2.75) is 64.3 Å². The van der Waals surface area contributed by atoms with Crippen molar-refractivity contribution in [3.05, 3.63) is 23.8 Å². The smallest absolute Gasteiger partial charge is 0.303 e. The lowest BCUT2D eigenvalue weighted by Gasteiger charge is -2.20. The lowest BCUT2D eigenvalue weighted by Crippen LogP contribution is -2.37. The summed E-state index contributed by atoms with van der Waals surface area (Å²) in [7, 11) is 0. The normalized spacial score (nSPS) is 15.4. The van der Waals surface area contributed by atoms with Gasteiger partial charge in [-0.25, -0.2) is 0 Å². The third-order valence-corrected chi connectivity index (χ3v) is 5.58. The number of unbranched alkanes of at least 4 members (excludes halogenated alkanes) is 4. The highest BCUT2D eigenvalue weighted by Gasteiger charge is 2.16. The summed E-state index contributed by atoms with van der Waals surface area (Å²) in [5, 5.41) is 13.7. The summed E-state index contributed by atoms with van der Waals surface area (Å²) in [6.07, 6.45) is 12.5. The summed E-state index contributed by atoms with van der Waals surface area (Å²) in [5.41, 5.74) is 3.03. The van der Waals surface area contributed by atoms with Crippen LogP contribution in [0.3, 0.4) is 0 Å². The average Bonchev–Trinajstić information content (AvgIpc) is 3.10. The summed E-state index contributed by atoms with van der Waals surface area (Å²) < 4.78 is 1.87. The van der Waals surface area contributed by atoms with E-state index in [4.69, 9.17) is 5.11 Å². The predicted octanol–water partition coefficient (Wildman–Crippen LogP) is 3.84. The minimum atomic E-state index is -0.841. The summed E-state index contributed by atoms with van der Waals surface area (Å²) in [4.78, 5) is 22.9. The largest absolute Gasteiger partial charge is 0.481 e. The summed E-state index contributed by atoms with van der Waals surface area (Å²) in [5.74, 6) is -0.269. The Morgan fingerprint density at radius 1 is 1.36 bits per heavy atom. The highest BCUT2D eigenvalue weighted by atomic mass is 32.2. The quantitative estimate of drug-likeness (QED) is 0.237. The lowest BCUT2D eigenvalue weighted by molar-refractivity contribution is -0.137. The number of nitrogens with one attached hydrogen (secondary N) is 2. The van der Waals surface area contributed by atoms with Crippen LogP contribution in [0.4, 0.5) is 0 Å². The highest BCUT2D eigenvalue weighted by Crippen LogP contribution is 2.24. The van der Waals surface area contributed by atoms with Crippen LogP contribution in [0.1, 0.15) is 58.3 Å². The summed E-state index contributed by atoms with van der Waals surface area (Å²) in [6, 6.07) is -0.158. The molecule has 0 aromatic rings. The number of hydrazine groups is 1. The fourth-order valence-corrected chi connectivity index (χ4v) is 3.84. The Bertz CT molecular complexity index is 450. The van der Waals surface area contributed by atoms with Gasteiger partial charge in [0.1, 0.15) is 0 Å². The van der Waals surface area contributed by atoms with E-state index < -0.39 is 5.97 Å². The monoisotopic (exact) mass is 387 g/mol. The number of nitrogens with zero attached hydrogens (tertiary/aromatic N) is 1. The van der Waals surface area contributed by atoms with Gasteiger partial charge >= 0.3 is 5.97 Å². The molecule has 6 nitrogen and oxygen atoms in total. The van der Waals surface area contributed by atoms with E-state index >= 15 is 0 Å². The maximum atomic E-state index is 12.1. The van der Waals surface area contributed by atoms with Crippen molar-refractivity contribution in [3.8, 4) is 0 Å². The number of carbonyl (C=O) groups excluding carboxylic acids is 1. The van der Waals surface area contributed by atoms with Crippen molar-refractivity contribution in [2.24, 2.45) is 0 Å². The number of hydrogen-bond acceptors (Lipinski definition) is 6. The number of carboxylic acids is 1.